The molecule has 24 heavy (non-hydrogen) atoms. The van der Waals surface area contributed by atoms with Crippen molar-refractivity contribution in [3.8, 4) is 0 Å². The number of carboxylic acid groups (broad SMARTS) is 2. The monoisotopic (exact) mass is 326 g/mol. The van der Waals surface area contributed by atoms with Crippen LogP contribution in [0.3, 0.4) is 0 Å². The molecule has 0 aromatic heterocycles. The zero-order valence-electron chi connectivity index (χ0n) is 14.1. The molecule has 2 rings (SSSR count). The summed E-state index contributed by atoms with van der Waals surface area (Å²) >= 11 is 0. The Labute approximate surface area is 141 Å². The molecule has 2 N–H and O–H groups in total. The normalized spacial score (nSPS) is 14.0. The van der Waals surface area contributed by atoms with Gasteiger partial charge in [0.2, 0.25) is 0 Å². The first-order valence-electron chi connectivity index (χ1n) is 7.79. The van der Waals surface area contributed by atoms with Crippen LogP contribution >= 0.6 is 0 Å². The van der Waals surface area contributed by atoms with Crippen LogP contribution < -0.4 is 0 Å². The van der Waals surface area contributed by atoms with Crippen molar-refractivity contribution in [2.45, 2.75) is 38.0 Å². The molecule has 0 aliphatic heterocycles. The molecule has 2 aromatic rings. The first-order chi connectivity index (χ1) is 11.2. The van der Waals surface area contributed by atoms with Crippen LogP contribution in [0.5, 0.6) is 0 Å². The molecule has 2 aromatic carbocycles. The number of hydrogen-bond acceptors (Lipinski definition) is 2. The van der Waals surface area contributed by atoms with Gasteiger partial charge in [-0.1, -0.05) is 75.4 Å². The second-order valence-electron chi connectivity index (χ2n) is 6.97. The molecule has 1 atom stereocenters. The summed E-state index contributed by atoms with van der Waals surface area (Å²) < 4.78 is 0. The minimum Gasteiger partial charge on any atom is -0.481 e. The smallest absolute Gasteiger partial charge is 0.319 e. The van der Waals surface area contributed by atoms with Crippen molar-refractivity contribution in [2.24, 2.45) is 0 Å². The van der Waals surface area contributed by atoms with Crippen molar-refractivity contribution in [1.82, 2.24) is 0 Å². The van der Waals surface area contributed by atoms with E-state index in [1.807, 2.05) is 12.1 Å². The summed E-state index contributed by atoms with van der Waals surface area (Å²) in [7, 11) is 0. The van der Waals surface area contributed by atoms with Gasteiger partial charge in [0.05, 0.1) is 6.42 Å². The maximum atomic E-state index is 12.2. The average molecular weight is 326 g/mol. The molecular weight excluding hydrogens is 304 g/mol. The molecule has 0 saturated heterocycles. The highest BCUT2D eigenvalue weighted by atomic mass is 16.4. The number of carbonyl (C=O) groups is 2. The number of aliphatic carboxylic acids is 2. The van der Waals surface area contributed by atoms with E-state index in [2.05, 4.69) is 20.8 Å². The van der Waals surface area contributed by atoms with Gasteiger partial charge in [-0.3, -0.25) is 9.59 Å². The summed E-state index contributed by atoms with van der Waals surface area (Å²) in [5, 5.41) is 19.3. The van der Waals surface area contributed by atoms with Crippen molar-refractivity contribution in [3.05, 3.63) is 71.3 Å². The molecule has 0 bridgehead atoms. The Morgan fingerprint density at radius 2 is 1.25 bits per heavy atom. The van der Waals surface area contributed by atoms with Crippen molar-refractivity contribution in [1.29, 1.82) is 0 Å². The van der Waals surface area contributed by atoms with Crippen LogP contribution in [0.15, 0.2) is 54.6 Å². The average Bonchev–Trinajstić information content (AvgIpc) is 2.52. The quantitative estimate of drug-likeness (QED) is 0.875. The molecule has 0 spiro atoms. The number of carboxylic acids is 2. The van der Waals surface area contributed by atoms with Gasteiger partial charge in [-0.25, -0.2) is 0 Å². The highest BCUT2D eigenvalue weighted by molar-refractivity contribution is 5.91. The topological polar surface area (TPSA) is 74.6 Å². The zero-order chi connectivity index (χ0) is 18.0. The van der Waals surface area contributed by atoms with E-state index in [4.69, 9.17) is 0 Å². The Morgan fingerprint density at radius 1 is 0.792 bits per heavy atom. The van der Waals surface area contributed by atoms with Crippen molar-refractivity contribution < 1.29 is 19.8 Å². The Morgan fingerprint density at radius 3 is 1.67 bits per heavy atom. The van der Waals surface area contributed by atoms with Crippen LogP contribution in [0.4, 0.5) is 0 Å². The second-order valence-corrected chi connectivity index (χ2v) is 6.97. The predicted octanol–water partition coefficient (Wildman–Crippen LogP) is 3.83. The molecular formula is C20H22O4. The van der Waals surface area contributed by atoms with Crippen LogP contribution in [0.1, 0.15) is 43.9 Å². The summed E-state index contributed by atoms with van der Waals surface area (Å²) in [5.41, 5.74) is 0.321. The van der Waals surface area contributed by atoms with E-state index in [0.717, 1.165) is 5.56 Å². The first-order valence-corrected chi connectivity index (χ1v) is 7.79. The highest BCUT2D eigenvalue weighted by Gasteiger charge is 2.44. The van der Waals surface area contributed by atoms with Crippen LogP contribution in [0.2, 0.25) is 0 Å². The lowest BCUT2D eigenvalue weighted by Gasteiger charge is -2.30. The number of rotatable bonds is 5. The Balaban J connectivity index is 2.66. The third kappa shape index (κ3) is 3.32. The molecule has 0 heterocycles. The minimum absolute atomic E-state index is 0.0655. The standard InChI is InChI=1S/C20H22O4/c1-19(2,3)14-9-11-16(12-10-14)20(18(23)24,13-17(21)22)15-7-5-4-6-8-15/h4-12H,13H2,1-3H3,(H,21,22)(H,23,24). The van der Waals surface area contributed by atoms with Gasteiger partial charge >= 0.3 is 11.9 Å². The fourth-order valence-electron chi connectivity index (χ4n) is 2.90. The van der Waals surface area contributed by atoms with Gasteiger partial charge in [0.1, 0.15) is 5.41 Å². The second kappa shape index (κ2) is 6.48. The van der Waals surface area contributed by atoms with E-state index in [-0.39, 0.29) is 5.41 Å². The van der Waals surface area contributed by atoms with Crippen LogP contribution in [0, 0.1) is 0 Å². The van der Waals surface area contributed by atoms with Gasteiger partial charge in [-0.05, 0) is 22.1 Å². The summed E-state index contributed by atoms with van der Waals surface area (Å²) in [4.78, 5) is 23.6. The van der Waals surface area contributed by atoms with Crippen molar-refractivity contribution >= 4 is 11.9 Å². The summed E-state index contributed by atoms with van der Waals surface area (Å²) in [6, 6.07) is 15.7. The molecule has 126 valence electrons. The van der Waals surface area contributed by atoms with Crippen LogP contribution in [0.25, 0.3) is 0 Å². The molecule has 4 heteroatoms. The molecule has 0 fully saturated rings. The summed E-state index contributed by atoms with van der Waals surface area (Å²) in [6.45, 7) is 6.21. The maximum absolute atomic E-state index is 12.2. The summed E-state index contributed by atoms with van der Waals surface area (Å²) in [5.74, 6) is -2.32. The number of hydrogen-bond donors (Lipinski definition) is 2. The fraction of sp³-hybridized carbons (Fsp3) is 0.300. The van der Waals surface area contributed by atoms with Crippen molar-refractivity contribution in [3.63, 3.8) is 0 Å². The molecule has 0 amide bonds. The van der Waals surface area contributed by atoms with Gasteiger partial charge in [0.15, 0.2) is 0 Å². The van der Waals surface area contributed by atoms with E-state index in [1.165, 1.54) is 0 Å². The van der Waals surface area contributed by atoms with E-state index < -0.39 is 23.8 Å². The van der Waals surface area contributed by atoms with Gasteiger partial charge < -0.3 is 10.2 Å². The number of benzene rings is 2. The summed E-state index contributed by atoms with van der Waals surface area (Å²) in [6.07, 6.45) is -0.513. The van der Waals surface area contributed by atoms with E-state index in [0.29, 0.717) is 11.1 Å². The lowest BCUT2D eigenvalue weighted by Crippen LogP contribution is -2.39. The molecule has 4 nitrogen and oxygen atoms in total. The Kier molecular flexibility index (Phi) is 4.78. The Hall–Kier alpha value is -2.62. The first kappa shape index (κ1) is 17.7. The van der Waals surface area contributed by atoms with Gasteiger partial charge in [-0.2, -0.15) is 0 Å². The van der Waals surface area contributed by atoms with E-state index in [9.17, 15) is 19.8 Å². The van der Waals surface area contributed by atoms with Crippen LogP contribution in [-0.2, 0) is 20.4 Å². The van der Waals surface area contributed by atoms with Crippen LogP contribution in [-0.4, -0.2) is 22.2 Å². The van der Waals surface area contributed by atoms with Gasteiger partial charge in [0, 0.05) is 0 Å². The molecule has 0 radical (unpaired) electrons. The fourth-order valence-corrected chi connectivity index (χ4v) is 2.90. The lowest BCUT2D eigenvalue weighted by atomic mass is 9.71. The maximum Gasteiger partial charge on any atom is 0.319 e. The predicted molar refractivity (Wildman–Crippen MR) is 92.3 cm³/mol. The minimum atomic E-state index is -1.61. The van der Waals surface area contributed by atoms with Gasteiger partial charge in [-0.15, -0.1) is 0 Å². The largest absolute Gasteiger partial charge is 0.481 e. The molecule has 0 saturated carbocycles. The Bertz CT molecular complexity index is 726. The van der Waals surface area contributed by atoms with E-state index in [1.54, 1.807) is 42.5 Å². The van der Waals surface area contributed by atoms with E-state index >= 15 is 0 Å². The van der Waals surface area contributed by atoms with Gasteiger partial charge in [0.25, 0.3) is 0 Å². The SMILES string of the molecule is CC(C)(C)c1ccc(C(CC(=O)O)(C(=O)O)c2ccccc2)cc1. The third-order valence-corrected chi connectivity index (χ3v) is 4.29. The highest BCUT2D eigenvalue weighted by Crippen LogP contribution is 2.37. The molecule has 0 aliphatic rings. The lowest BCUT2D eigenvalue weighted by molar-refractivity contribution is -0.148. The molecule has 1 unspecified atom stereocenters. The molecule has 0 aliphatic carbocycles. The zero-order valence-corrected chi connectivity index (χ0v) is 14.1. The van der Waals surface area contributed by atoms with Crippen molar-refractivity contribution in [2.75, 3.05) is 0 Å². The third-order valence-electron chi connectivity index (χ3n) is 4.29.